The van der Waals surface area contributed by atoms with Gasteiger partial charge in [0.1, 0.15) is 0 Å². The standard InChI is InChI=1S/C20H27N3O2/c1-13(24)23-10-9-14(12-23)11-22(2)20(25)21-19-17-8-7-15-5-3-4-6-16(15)18(17)19/h3-6,14,17-19H,7-12H2,1-2H3,(H,21,25)/t14-,17+,18-,19-/m1/s1. The minimum atomic E-state index is 0.0261. The van der Waals surface area contributed by atoms with E-state index in [9.17, 15) is 9.59 Å². The van der Waals surface area contributed by atoms with Crippen LogP contribution in [0.4, 0.5) is 4.79 Å². The largest absolute Gasteiger partial charge is 0.343 e. The SMILES string of the molecule is CC(=O)N1CC[C@H](CN(C)C(=O)N[C@@H]2[C@H]3CCc4ccccc4[C@H]32)C1. The van der Waals surface area contributed by atoms with Crippen LogP contribution in [0.3, 0.4) is 0 Å². The number of hydrogen-bond acceptors (Lipinski definition) is 2. The summed E-state index contributed by atoms with van der Waals surface area (Å²) in [4.78, 5) is 27.7. The molecule has 0 radical (unpaired) electrons. The van der Waals surface area contributed by atoms with Crippen LogP contribution in [0.2, 0.25) is 0 Å². The van der Waals surface area contributed by atoms with Crippen molar-refractivity contribution >= 4 is 11.9 Å². The smallest absolute Gasteiger partial charge is 0.317 e. The van der Waals surface area contributed by atoms with E-state index < -0.39 is 0 Å². The number of nitrogens with zero attached hydrogens (tertiary/aromatic N) is 2. The lowest BCUT2D eigenvalue weighted by atomic mass is 9.92. The topological polar surface area (TPSA) is 52.7 Å². The zero-order valence-corrected chi connectivity index (χ0v) is 15.1. The van der Waals surface area contributed by atoms with Crippen molar-refractivity contribution in [3.63, 3.8) is 0 Å². The summed E-state index contributed by atoms with van der Waals surface area (Å²) < 4.78 is 0. The Labute approximate surface area is 149 Å². The second-order valence-electron chi connectivity index (χ2n) is 7.90. The first-order chi connectivity index (χ1) is 12.0. The lowest BCUT2D eigenvalue weighted by Gasteiger charge is -2.22. The number of carbonyl (C=O) groups excluding carboxylic acids is 2. The Kier molecular flexibility index (Phi) is 4.18. The van der Waals surface area contributed by atoms with Crippen LogP contribution < -0.4 is 5.32 Å². The van der Waals surface area contributed by atoms with Crippen LogP contribution in [0, 0.1) is 11.8 Å². The highest BCUT2D eigenvalue weighted by Gasteiger charge is 2.54. The van der Waals surface area contributed by atoms with Crippen molar-refractivity contribution in [3.8, 4) is 0 Å². The summed E-state index contributed by atoms with van der Waals surface area (Å²) in [5.41, 5.74) is 2.88. The van der Waals surface area contributed by atoms with Crippen molar-refractivity contribution in [2.24, 2.45) is 11.8 Å². The maximum atomic E-state index is 12.6. The van der Waals surface area contributed by atoms with Gasteiger partial charge in [-0.2, -0.15) is 0 Å². The first-order valence-corrected chi connectivity index (χ1v) is 9.39. The molecule has 1 saturated heterocycles. The highest BCUT2D eigenvalue weighted by atomic mass is 16.2. The van der Waals surface area contributed by atoms with Crippen LogP contribution in [0.25, 0.3) is 0 Å². The number of urea groups is 1. The van der Waals surface area contributed by atoms with Crippen LogP contribution >= 0.6 is 0 Å². The number of aryl methyl sites for hydroxylation is 1. The molecule has 3 amide bonds. The van der Waals surface area contributed by atoms with Gasteiger partial charge in [-0.1, -0.05) is 24.3 Å². The summed E-state index contributed by atoms with van der Waals surface area (Å²) in [5.74, 6) is 1.63. The lowest BCUT2D eigenvalue weighted by Crippen LogP contribution is -2.42. The molecular weight excluding hydrogens is 314 g/mol. The van der Waals surface area contributed by atoms with Crippen molar-refractivity contribution in [1.82, 2.24) is 15.1 Å². The molecule has 0 spiro atoms. The molecule has 5 nitrogen and oxygen atoms in total. The molecule has 5 heteroatoms. The van der Waals surface area contributed by atoms with E-state index in [1.165, 1.54) is 17.5 Å². The van der Waals surface area contributed by atoms with E-state index in [1.54, 1.807) is 11.8 Å². The van der Waals surface area contributed by atoms with Gasteiger partial charge >= 0.3 is 6.03 Å². The molecule has 25 heavy (non-hydrogen) atoms. The molecule has 0 aromatic heterocycles. The normalized spacial score (nSPS) is 29.6. The van der Waals surface area contributed by atoms with Crippen molar-refractivity contribution in [2.45, 2.75) is 38.1 Å². The van der Waals surface area contributed by atoms with E-state index in [0.717, 1.165) is 25.9 Å². The van der Waals surface area contributed by atoms with E-state index in [1.807, 2.05) is 11.9 Å². The van der Waals surface area contributed by atoms with Gasteiger partial charge < -0.3 is 15.1 Å². The van der Waals surface area contributed by atoms with Crippen molar-refractivity contribution in [1.29, 1.82) is 0 Å². The molecule has 1 heterocycles. The number of benzene rings is 1. The van der Waals surface area contributed by atoms with Gasteiger partial charge in [-0.05, 0) is 42.2 Å². The molecule has 2 aliphatic carbocycles. The Morgan fingerprint density at radius 3 is 2.84 bits per heavy atom. The van der Waals surface area contributed by atoms with E-state index in [4.69, 9.17) is 0 Å². The lowest BCUT2D eigenvalue weighted by molar-refractivity contribution is -0.127. The number of nitrogens with one attached hydrogen (secondary N) is 1. The molecule has 0 bridgehead atoms. The second-order valence-corrected chi connectivity index (χ2v) is 7.90. The van der Waals surface area contributed by atoms with Crippen LogP contribution in [0.15, 0.2) is 24.3 Å². The molecule has 1 aromatic rings. The third-order valence-electron chi connectivity index (χ3n) is 6.23. The van der Waals surface area contributed by atoms with Gasteiger partial charge in [0.25, 0.3) is 0 Å². The van der Waals surface area contributed by atoms with Gasteiger partial charge in [-0.25, -0.2) is 4.79 Å². The highest BCUT2D eigenvalue weighted by Crippen LogP contribution is 2.54. The summed E-state index contributed by atoms with van der Waals surface area (Å²) in [6, 6.07) is 8.96. The highest BCUT2D eigenvalue weighted by molar-refractivity contribution is 5.75. The Hall–Kier alpha value is -2.04. The predicted molar refractivity (Wildman–Crippen MR) is 96.3 cm³/mol. The summed E-state index contributed by atoms with van der Waals surface area (Å²) in [7, 11) is 1.87. The Balaban J connectivity index is 1.31. The second kappa shape index (κ2) is 6.36. The van der Waals surface area contributed by atoms with Gasteiger partial charge in [-0.15, -0.1) is 0 Å². The molecule has 1 aromatic carbocycles. The predicted octanol–water partition coefficient (Wildman–Crippen LogP) is 2.22. The number of hydrogen-bond donors (Lipinski definition) is 1. The molecule has 1 saturated carbocycles. The van der Waals surface area contributed by atoms with E-state index in [0.29, 0.717) is 24.3 Å². The Bertz CT molecular complexity index is 689. The van der Waals surface area contributed by atoms with E-state index >= 15 is 0 Å². The Morgan fingerprint density at radius 1 is 1.28 bits per heavy atom. The van der Waals surface area contributed by atoms with Gasteiger partial charge in [0.05, 0.1) is 0 Å². The van der Waals surface area contributed by atoms with Crippen LogP contribution in [0.1, 0.15) is 36.8 Å². The Morgan fingerprint density at radius 2 is 2.08 bits per heavy atom. The van der Waals surface area contributed by atoms with Crippen molar-refractivity contribution in [3.05, 3.63) is 35.4 Å². The fourth-order valence-corrected chi connectivity index (χ4v) is 4.75. The number of fused-ring (bicyclic) bond motifs is 3. The molecule has 4 atom stereocenters. The molecule has 1 N–H and O–H groups in total. The number of likely N-dealkylation sites (tertiary alicyclic amines) is 1. The van der Waals surface area contributed by atoms with Gasteiger partial charge in [0.2, 0.25) is 5.91 Å². The van der Waals surface area contributed by atoms with E-state index in [2.05, 4.69) is 29.6 Å². The van der Waals surface area contributed by atoms with Crippen molar-refractivity contribution in [2.75, 3.05) is 26.7 Å². The number of rotatable bonds is 3. The third-order valence-corrected chi connectivity index (χ3v) is 6.23. The first-order valence-electron chi connectivity index (χ1n) is 9.39. The summed E-state index contributed by atoms with van der Waals surface area (Å²) in [6.45, 7) is 3.92. The molecule has 3 aliphatic rings. The average molecular weight is 341 g/mol. The quantitative estimate of drug-likeness (QED) is 0.916. The summed E-state index contributed by atoms with van der Waals surface area (Å²) in [5, 5.41) is 3.25. The zero-order chi connectivity index (χ0) is 17.6. The fraction of sp³-hybridized carbons (Fsp3) is 0.600. The zero-order valence-electron chi connectivity index (χ0n) is 15.1. The molecule has 4 rings (SSSR count). The molecule has 0 unspecified atom stereocenters. The summed E-state index contributed by atoms with van der Waals surface area (Å²) in [6.07, 6.45) is 3.29. The molecular formula is C20H27N3O2. The number of carbonyl (C=O) groups is 2. The minimum absolute atomic E-state index is 0.0261. The molecule has 1 aliphatic heterocycles. The average Bonchev–Trinajstić information content (AvgIpc) is 3.09. The van der Waals surface area contributed by atoms with Crippen LogP contribution in [-0.2, 0) is 11.2 Å². The van der Waals surface area contributed by atoms with E-state index in [-0.39, 0.29) is 18.0 Å². The third kappa shape index (κ3) is 3.12. The molecule has 134 valence electrons. The van der Waals surface area contributed by atoms with Gasteiger partial charge in [0.15, 0.2) is 0 Å². The van der Waals surface area contributed by atoms with Gasteiger partial charge in [0, 0.05) is 45.6 Å². The fourth-order valence-electron chi connectivity index (χ4n) is 4.75. The maximum absolute atomic E-state index is 12.6. The monoisotopic (exact) mass is 341 g/mol. The number of amides is 3. The van der Waals surface area contributed by atoms with Crippen molar-refractivity contribution < 1.29 is 9.59 Å². The summed E-state index contributed by atoms with van der Waals surface area (Å²) >= 11 is 0. The molecule has 2 fully saturated rings. The minimum Gasteiger partial charge on any atom is -0.343 e. The van der Waals surface area contributed by atoms with Crippen LogP contribution in [-0.4, -0.2) is 54.5 Å². The van der Waals surface area contributed by atoms with Gasteiger partial charge in [-0.3, -0.25) is 4.79 Å². The first kappa shape index (κ1) is 16.4. The van der Waals surface area contributed by atoms with Crippen LogP contribution in [0.5, 0.6) is 0 Å². The maximum Gasteiger partial charge on any atom is 0.317 e.